The highest BCUT2D eigenvalue weighted by Gasteiger charge is 2.42. The van der Waals surface area contributed by atoms with E-state index in [1.165, 1.54) is 12.1 Å². The number of carbonyl (C=O) groups excluding carboxylic acids is 1. The van der Waals surface area contributed by atoms with Gasteiger partial charge in [-0.15, -0.1) is 0 Å². The summed E-state index contributed by atoms with van der Waals surface area (Å²) in [6.45, 7) is 7.22. The van der Waals surface area contributed by atoms with Crippen molar-refractivity contribution in [3.63, 3.8) is 0 Å². The predicted molar refractivity (Wildman–Crippen MR) is 85.6 cm³/mol. The minimum absolute atomic E-state index is 0.182. The number of hydrogen-bond donors (Lipinski definition) is 1. The molecule has 0 aliphatic carbocycles. The van der Waals surface area contributed by atoms with Gasteiger partial charge in [-0.1, -0.05) is 6.07 Å². The summed E-state index contributed by atoms with van der Waals surface area (Å²) in [5.41, 5.74) is 0.0766. The number of aryl methyl sites for hydroxylation is 1. The van der Waals surface area contributed by atoms with Gasteiger partial charge in [-0.3, -0.25) is 4.79 Å². The highest BCUT2D eigenvalue weighted by atomic mass is 32.2. The van der Waals surface area contributed by atoms with E-state index in [-0.39, 0.29) is 17.2 Å². The van der Waals surface area contributed by atoms with Crippen LogP contribution in [0.2, 0.25) is 0 Å². The Hall–Kier alpha value is -1.60. The lowest BCUT2D eigenvalue weighted by atomic mass is 10.2. The first kappa shape index (κ1) is 17.7. The second-order valence-corrected chi connectivity index (χ2v) is 8.64. The molecule has 1 heterocycles. The van der Waals surface area contributed by atoms with E-state index in [0.29, 0.717) is 12.8 Å². The molecular weight excluding hydrogens is 318 g/mol. The Morgan fingerprint density at radius 2 is 2.00 bits per heavy atom. The Kier molecular flexibility index (Phi) is 4.73. The lowest BCUT2D eigenvalue weighted by molar-refractivity contribution is -0.158. The molecule has 128 valence electrons. The van der Waals surface area contributed by atoms with Gasteiger partial charge < -0.3 is 9.84 Å². The summed E-state index contributed by atoms with van der Waals surface area (Å²) in [7, 11) is -3.95. The zero-order valence-corrected chi connectivity index (χ0v) is 14.7. The molecule has 1 aromatic rings. The molecule has 0 spiro atoms. The molecule has 23 heavy (non-hydrogen) atoms. The number of carbonyl (C=O) groups is 1. The average Bonchev–Trinajstić information content (AvgIpc) is 2.85. The summed E-state index contributed by atoms with van der Waals surface area (Å²) >= 11 is 0. The maximum atomic E-state index is 12.8. The summed E-state index contributed by atoms with van der Waals surface area (Å²) in [6, 6.07) is 3.53. The third-order valence-corrected chi connectivity index (χ3v) is 5.54. The summed E-state index contributed by atoms with van der Waals surface area (Å²) in [6.07, 6.45) is 0.997. The van der Waals surface area contributed by atoms with E-state index in [4.69, 9.17) is 4.74 Å². The zero-order chi connectivity index (χ0) is 17.4. The first-order valence-corrected chi connectivity index (χ1v) is 9.01. The van der Waals surface area contributed by atoms with Crippen molar-refractivity contribution in [2.24, 2.45) is 0 Å². The number of nitrogens with zero attached hydrogens (tertiary/aromatic N) is 1. The number of benzene rings is 1. The van der Waals surface area contributed by atoms with Crippen LogP contribution in [0.15, 0.2) is 23.1 Å². The zero-order valence-electron chi connectivity index (χ0n) is 13.9. The smallest absolute Gasteiger partial charge is 0.324 e. The molecule has 1 aromatic carbocycles. The van der Waals surface area contributed by atoms with Crippen molar-refractivity contribution in [3.8, 4) is 5.75 Å². The van der Waals surface area contributed by atoms with Crippen LogP contribution in [-0.2, 0) is 19.6 Å². The Morgan fingerprint density at radius 3 is 2.57 bits per heavy atom. The number of phenolic OH excluding ortho intramolecular Hbond substituents is 1. The van der Waals surface area contributed by atoms with E-state index in [0.717, 1.165) is 9.87 Å². The number of esters is 1. The van der Waals surface area contributed by atoms with E-state index in [9.17, 15) is 18.3 Å². The van der Waals surface area contributed by atoms with Crippen LogP contribution in [0.25, 0.3) is 0 Å². The molecule has 0 bridgehead atoms. The summed E-state index contributed by atoms with van der Waals surface area (Å²) in [5.74, 6) is -0.856. The Morgan fingerprint density at radius 1 is 1.35 bits per heavy atom. The van der Waals surface area contributed by atoms with E-state index in [2.05, 4.69) is 0 Å². The highest BCUT2D eigenvalue weighted by Crippen LogP contribution is 2.32. The van der Waals surface area contributed by atoms with Crippen LogP contribution < -0.4 is 0 Å². The highest BCUT2D eigenvalue weighted by molar-refractivity contribution is 7.89. The van der Waals surface area contributed by atoms with E-state index in [1.54, 1.807) is 33.8 Å². The van der Waals surface area contributed by atoms with Gasteiger partial charge in [0.2, 0.25) is 10.0 Å². The van der Waals surface area contributed by atoms with Gasteiger partial charge >= 0.3 is 5.97 Å². The molecule has 1 aliphatic rings. The van der Waals surface area contributed by atoms with Crippen molar-refractivity contribution in [1.82, 2.24) is 4.31 Å². The Bertz CT molecular complexity index is 706. The van der Waals surface area contributed by atoms with E-state index < -0.39 is 27.6 Å². The molecule has 0 unspecified atom stereocenters. The van der Waals surface area contributed by atoms with Crippen molar-refractivity contribution >= 4 is 16.0 Å². The molecule has 0 radical (unpaired) electrons. The van der Waals surface area contributed by atoms with Crippen LogP contribution in [0.1, 0.15) is 39.2 Å². The van der Waals surface area contributed by atoms with Crippen molar-refractivity contribution in [1.29, 1.82) is 0 Å². The topological polar surface area (TPSA) is 83.9 Å². The number of ether oxygens (including phenoxy) is 1. The molecule has 1 N–H and O–H groups in total. The van der Waals surface area contributed by atoms with Crippen molar-refractivity contribution in [3.05, 3.63) is 23.8 Å². The fourth-order valence-corrected chi connectivity index (χ4v) is 4.32. The third-order valence-electron chi connectivity index (χ3n) is 3.58. The Labute approximate surface area is 137 Å². The van der Waals surface area contributed by atoms with Crippen molar-refractivity contribution < 1.29 is 23.1 Å². The van der Waals surface area contributed by atoms with Crippen molar-refractivity contribution in [2.45, 2.75) is 57.1 Å². The molecule has 1 saturated heterocycles. The fourth-order valence-electron chi connectivity index (χ4n) is 2.61. The predicted octanol–water partition coefficient (Wildman–Crippen LogP) is 2.20. The lowest BCUT2D eigenvalue weighted by Gasteiger charge is -2.27. The van der Waals surface area contributed by atoms with Gasteiger partial charge in [-0.2, -0.15) is 4.31 Å². The number of rotatable bonds is 3. The van der Waals surface area contributed by atoms with Crippen molar-refractivity contribution in [2.75, 3.05) is 6.54 Å². The van der Waals surface area contributed by atoms with Gasteiger partial charge in [0.1, 0.15) is 22.3 Å². The van der Waals surface area contributed by atoms with Gasteiger partial charge in [-0.25, -0.2) is 8.42 Å². The second-order valence-electron chi connectivity index (χ2n) is 6.78. The summed E-state index contributed by atoms with van der Waals surface area (Å²) in [5, 5.41) is 9.98. The van der Waals surface area contributed by atoms with Gasteiger partial charge in [0.15, 0.2) is 0 Å². The van der Waals surface area contributed by atoms with Gasteiger partial charge in [0, 0.05) is 6.54 Å². The number of sulfonamides is 1. The molecule has 2 rings (SSSR count). The number of aromatic hydroxyl groups is 1. The first-order valence-electron chi connectivity index (χ1n) is 7.57. The number of phenols is 1. The van der Waals surface area contributed by atoms with Gasteiger partial charge in [-0.05, 0) is 58.2 Å². The van der Waals surface area contributed by atoms with E-state index in [1.807, 2.05) is 0 Å². The van der Waals surface area contributed by atoms with Crippen LogP contribution in [0.5, 0.6) is 5.75 Å². The number of hydrogen-bond acceptors (Lipinski definition) is 5. The summed E-state index contributed by atoms with van der Waals surface area (Å²) in [4.78, 5) is 12.1. The molecule has 1 aliphatic heterocycles. The molecule has 6 nitrogen and oxygen atoms in total. The maximum absolute atomic E-state index is 12.8. The van der Waals surface area contributed by atoms with Crippen LogP contribution in [0.3, 0.4) is 0 Å². The second kappa shape index (κ2) is 6.13. The molecule has 0 aromatic heterocycles. The van der Waals surface area contributed by atoms with E-state index >= 15 is 0 Å². The van der Waals surface area contributed by atoms with Crippen LogP contribution in [0, 0.1) is 6.92 Å². The van der Waals surface area contributed by atoms with Crippen LogP contribution in [-0.4, -0.2) is 42.0 Å². The average molecular weight is 341 g/mol. The Balaban J connectivity index is 2.33. The molecule has 0 amide bonds. The monoisotopic (exact) mass is 341 g/mol. The molecular formula is C16H23NO5S. The lowest BCUT2D eigenvalue weighted by Crippen LogP contribution is -2.43. The molecule has 1 fully saturated rings. The quantitative estimate of drug-likeness (QED) is 0.852. The SMILES string of the molecule is Cc1ccc(S(=O)(=O)N2CCC[C@H]2C(=O)OC(C)(C)C)c(O)c1. The largest absolute Gasteiger partial charge is 0.507 e. The molecule has 1 atom stereocenters. The standard InChI is InChI=1S/C16H23NO5S/c1-11-7-8-14(13(18)10-11)23(20,21)17-9-5-6-12(17)15(19)22-16(2,3)4/h7-8,10,12,18H,5-6,9H2,1-4H3/t12-/m0/s1. The van der Waals surface area contributed by atoms with Crippen LogP contribution >= 0.6 is 0 Å². The van der Waals surface area contributed by atoms with Gasteiger partial charge in [0.25, 0.3) is 0 Å². The first-order chi connectivity index (χ1) is 10.5. The minimum atomic E-state index is -3.95. The minimum Gasteiger partial charge on any atom is -0.507 e. The van der Waals surface area contributed by atoms with Crippen LogP contribution in [0.4, 0.5) is 0 Å². The summed E-state index contributed by atoms with van der Waals surface area (Å²) < 4.78 is 32.1. The maximum Gasteiger partial charge on any atom is 0.324 e. The molecule has 0 saturated carbocycles. The third kappa shape index (κ3) is 3.84. The van der Waals surface area contributed by atoms with Gasteiger partial charge in [0.05, 0.1) is 0 Å². The molecule has 7 heteroatoms. The normalized spacial score (nSPS) is 19.7. The fraction of sp³-hybridized carbons (Fsp3) is 0.562.